The molecule has 0 fully saturated rings. The van der Waals surface area contributed by atoms with Crippen LogP contribution in [0, 0.1) is 0 Å². The fraction of sp³-hybridized carbons (Fsp3) is 0.407. The largest absolute Gasteiger partial charge is 0.494 e. The summed E-state index contributed by atoms with van der Waals surface area (Å²) in [7, 11) is 0. The Kier molecular flexibility index (Phi) is 8.89. The number of amides is 1. The number of rotatable bonds is 12. The van der Waals surface area contributed by atoms with E-state index in [4.69, 9.17) is 9.47 Å². The second-order valence-corrected chi connectivity index (χ2v) is 9.53. The number of carbonyl (C=O) groups is 1. The van der Waals surface area contributed by atoms with Crippen molar-refractivity contribution < 1.29 is 14.3 Å². The average molecular weight is 467 g/mol. The van der Waals surface area contributed by atoms with E-state index >= 15 is 0 Å². The lowest BCUT2D eigenvalue weighted by Crippen LogP contribution is -2.15. The van der Waals surface area contributed by atoms with Crippen LogP contribution in [0.25, 0.3) is 11.3 Å². The smallest absolute Gasteiger partial charge is 0.226 e. The topological polar surface area (TPSA) is 60.5 Å². The Balaban J connectivity index is 1.41. The van der Waals surface area contributed by atoms with Crippen LogP contribution in [0.1, 0.15) is 58.9 Å². The van der Waals surface area contributed by atoms with Crippen molar-refractivity contribution in [1.29, 1.82) is 0 Å². The van der Waals surface area contributed by atoms with Gasteiger partial charge < -0.3 is 14.8 Å². The lowest BCUT2D eigenvalue weighted by molar-refractivity contribution is -0.116. The highest BCUT2D eigenvalue weighted by Crippen LogP contribution is 2.28. The summed E-state index contributed by atoms with van der Waals surface area (Å²) in [6, 6.07) is 16.1. The van der Waals surface area contributed by atoms with Crippen molar-refractivity contribution in [2.45, 2.75) is 58.8 Å². The Morgan fingerprint density at radius 2 is 1.61 bits per heavy atom. The van der Waals surface area contributed by atoms with Crippen LogP contribution in [0.15, 0.2) is 53.9 Å². The van der Waals surface area contributed by atoms with Crippen molar-refractivity contribution in [2.24, 2.45) is 0 Å². The van der Waals surface area contributed by atoms with Gasteiger partial charge in [-0.05, 0) is 66.6 Å². The van der Waals surface area contributed by atoms with Crippen LogP contribution >= 0.6 is 11.3 Å². The minimum atomic E-state index is -0.0529. The van der Waals surface area contributed by atoms with Gasteiger partial charge in [-0.1, -0.05) is 39.8 Å². The van der Waals surface area contributed by atoms with E-state index in [1.165, 1.54) is 16.9 Å². The van der Waals surface area contributed by atoms with E-state index in [-0.39, 0.29) is 11.3 Å². The van der Waals surface area contributed by atoms with Gasteiger partial charge in [0.2, 0.25) is 5.91 Å². The van der Waals surface area contributed by atoms with Crippen molar-refractivity contribution >= 4 is 22.4 Å². The standard InChI is InChI=1S/C27H34N2O3S/c1-5-17-31-22-13-9-20(10-14-22)24-19-33-26(28-24)29-25(30)8-7-18-32-23-15-11-21(12-16-23)27(3,4)6-2/h9-16,19H,5-8,17-18H2,1-4H3,(H,28,29,30). The molecule has 0 unspecified atom stereocenters. The third kappa shape index (κ3) is 7.32. The number of nitrogens with zero attached hydrogens (tertiary/aromatic N) is 1. The zero-order valence-corrected chi connectivity index (χ0v) is 20.8. The minimum Gasteiger partial charge on any atom is -0.494 e. The monoisotopic (exact) mass is 466 g/mol. The Morgan fingerprint density at radius 1 is 0.970 bits per heavy atom. The van der Waals surface area contributed by atoms with Crippen LogP contribution in [0.2, 0.25) is 0 Å². The Hall–Kier alpha value is -2.86. The molecule has 33 heavy (non-hydrogen) atoms. The molecule has 3 aromatic rings. The lowest BCUT2D eigenvalue weighted by atomic mass is 9.82. The first-order valence-corrected chi connectivity index (χ1v) is 12.5. The van der Waals surface area contributed by atoms with Crippen molar-refractivity contribution in [1.82, 2.24) is 4.98 Å². The maximum atomic E-state index is 12.3. The summed E-state index contributed by atoms with van der Waals surface area (Å²) in [6.07, 6.45) is 3.10. The van der Waals surface area contributed by atoms with Crippen LogP contribution in [0.5, 0.6) is 11.5 Å². The van der Waals surface area contributed by atoms with Gasteiger partial charge in [0.05, 0.1) is 18.9 Å². The van der Waals surface area contributed by atoms with E-state index in [1.807, 2.05) is 41.8 Å². The SMILES string of the molecule is CCCOc1ccc(-c2csc(NC(=O)CCCOc3ccc(C(C)(C)CC)cc3)n2)cc1. The number of hydrogen-bond acceptors (Lipinski definition) is 5. The number of nitrogens with one attached hydrogen (secondary N) is 1. The second-order valence-electron chi connectivity index (χ2n) is 8.67. The van der Waals surface area contributed by atoms with E-state index in [9.17, 15) is 4.79 Å². The van der Waals surface area contributed by atoms with E-state index in [0.29, 0.717) is 31.2 Å². The Labute approximate surface area is 201 Å². The number of carbonyl (C=O) groups excluding carboxylic acids is 1. The first-order chi connectivity index (χ1) is 15.9. The maximum Gasteiger partial charge on any atom is 0.226 e. The molecule has 0 spiro atoms. The van der Waals surface area contributed by atoms with Crippen molar-refractivity contribution in [3.8, 4) is 22.8 Å². The Morgan fingerprint density at radius 3 is 2.24 bits per heavy atom. The van der Waals surface area contributed by atoms with Crippen molar-refractivity contribution in [3.63, 3.8) is 0 Å². The van der Waals surface area contributed by atoms with Gasteiger partial charge in [-0.15, -0.1) is 11.3 Å². The molecule has 1 N–H and O–H groups in total. The summed E-state index contributed by atoms with van der Waals surface area (Å²) in [4.78, 5) is 16.8. The normalized spacial score (nSPS) is 11.3. The molecule has 0 saturated heterocycles. The molecule has 0 aliphatic carbocycles. The van der Waals surface area contributed by atoms with Gasteiger partial charge in [0.25, 0.3) is 0 Å². The molecule has 5 nitrogen and oxygen atoms in total. The van der Waals surface area contributed by atoms with Crippen LogP contribution in [0.4, 0.5) is 5.13 Å². The highest BCUT2D eigenvalue weighted by atomic mass is 32.1. The summed E-state index contributed by atoms with van der Waals surface area (Å²) in [6.45, 7) is 9.97. The number of thiazole rings is 1. The molecule has 1 aromatic heterocycles. The number of ether oxygens (including phenoxy) is 2. The molecule has 3 rings (SSSR count). The molecular weight excluding hydrogens is 432 g/mol. The summed E-state index contributed by atoms with van der Waals surface area (Å²) in [5.74, 6) is 1.64. The fourth-order valence-electron chi connectivity index (χ4n) is 3.22. The second kappa shape index (κ2) is 11.8. The van der Waals surface area contributed by atoms with Crippen molar-refractivity contribution in [3.05, 3.63) is 59.5 Å². The minimum absolute atomic E-state index is 0.0529. The molecule has 1 heterocycles. The van der Waals surface area contributed by atoms with E-state index in [1.54, 1.807) is 0 Å². The summed E-state index contributed by atoms with van der Waals surface area (Å²) >= 11 is 1.43. The zero-order valence-electron chi connectivity index (χ0n) is 20.0. The highest BCUT2D eigenvalue weighted by Gasteiger charge is 2.17. The average Bonchev–Trinajstić information content (AvgIpc) is 3.29. The molecule has 0 aliphatic rings. The van der Waals surface area contributed by atoms with Gasteiger partial charge in [0, 0.05) is 17.4 Å². The highest BCUT2D eigenvalue weighted by molar-refractivity contribution is 7.14. The molecule has 0 radical (unpaired) electrons. The van der Waals surface area contributed by atoms with Gasteiger partial charge in [-0.2, -0.15) is 0 Å². The predicted octanol–water partition coefficient (Wildman–Crippen LogP) is 7.08. The van der Waals surface area contributed by atoms with Crippen LogP contribution in [-0.2, 0) is 10.2 Å². The molecule has 1 amide bonds. The zero-order chi connectivity index (χ0) is 23.7. The third-order valence-electron chi connectivity index (χ3n) is 5.71. The molecule has 2 aromatic carbocycles. The maximum absolute atomic E-state index is 12.3. The summed E-state index contributed by atoms with van der Waals surface area (Å²) in [5, 5.41) is 5.45. The molecule has 6 heteroatoms. The van der Waals surface area contributed by atoms with E-state index < -0.39 is 0 Å². The number of hydrogen-bond donors (Lipinski definition) is 1. The van der Waals surface area contributed by atoms with Gasteiger partial charge >= 0.3 is 0 Å². The van der Waals surface area contributed by atoms with Gasteiger partial charge in [0.15, 0.2) is 5.13 Å². The number of anilines is 1. The first-order valence-electron chi connectivity index (χ1n) is 11.6. The molecule has 0 saturated carbocycles. The van der Waals surface area contributed by atoms with Crippen molar-refractivity contribution in [2.75, 3.05) is 18.5 Å². The van der Waals surface area contributed by atoms with E-state index in [0.717, 1.165) is 35.6 Å². The quantitative estimate of drug-likeness (QED) is 0.290. The number of aromatic nitrogens is 1. The molecular formula is C27H34N2O3S. The van der Waals surface area contributed by atoms with Gasteiger partial charge in [-0.25, -0.2) is 4.98 Å². The van der Waals surface area contributed by atoms with Gasteiger partial charge in [0.1, 0.15) is 11.5 Å². The van der Waals surface area contributed by atoms with Crippen LogP contribution in [0.3, 0.4) is 0 Å². The third-order valence-corrected chi connectivity index (χ3v) is 6.47. The fourth-order valence-corrected chi connectivity index (χ4v) is 3.95. The lowest BCUT2D eigenvalue weighted by Gasteiger charge is -2.23. The first kappa shape index (κ1) is 24.8. The van der Waals surface area contributed by atoms with Crippen LogP contribution < -0.4 is 14.8 Å². The summed E-state index contributed by atoms with van der Waals surface area (Å²) in [5.41, 5.74) is 3.31. The predicted molar refractivity (Wildman–Crippen MR) is 136 cm³/mol. The molecule has 176 valence electrons. The van der Waals surface area contributed by atoms with Gasteiger partial charge in [-0.3, -0.25) is 4.79 Å². The van der Waals surface area contributed by atoms with E-state index in [2.05, 4.69) is 50.1 Å². The molecule has 0 aliphatic heterocycles. The summed E-state index contributed by atoms with van der Waals surface area (Å²) < 4.78 is 11.4. The Bertz CT molecular complexity index is 1010. The molecule has 0 bridgehead atoms. The van der Waals surface area contributed by atoms with Crippen LogP contribution in [-0.4, -0.2) is 24.1 Å². The number of benzene rings is 2. The molecule has 0 atom stereocenters.